The zero-order valence-electron chi connectivity index (χ0n) is 6.92. The molecule has 1 saturated carbocycles. The van der Waals surface area contributed by atoms with Crippen LogP contribution in [0.25, 0.3) is 0 Å². The Kier molecular flexibility index (Phi) is 3.06. The Balaban J connectivity index is 2.37. The first-order valence-electron chi connectivity index (χ1n) is 4.18. The second-order valence-corrected chi connectivity index (χ2v) is 3.19. The van der Waals surface area contributed by atoms with Crippen molar-refractivity contribution in [3.8, 4) is 6.07 Å². The lowest BCUT2D eigenvalue weighted by Crippen LogP contribution is -2.37. The predicted molar refractivity (Wildman–Crippen MR) is 43.4 cm³/mol. The Morgan fingerprint density at radius 2 is 2.00 bits per heavy atom. The molecule has 1 fully saturated rings. The van der Waals surface area contributed by atoms with Gasteiger partial charge in [0.2, 0.25) is 5.91 Å². The van der Waals surface area contributed by atoms with E-state index in [0.717, 1.165) is 25.7 Å². The zero-order chi connectivity index (χ0) is 8.97. The minimum Gasteiger partial charge on any atom is -0.294 e. The maximum absolute atomic E-state index is 11.0. The molecular weight excluding hydrogens is 154 g/mol. The average Bonchev–Trinajstić information content (AvgIpc) is 2.17. The SMILES string of the molecule is N#CC1CCC(C(=O)NN)CC1. The summed E-state index contributed by atoms with van der Waals surface area (Å²) in [6, 6.07) is 2.22. The van der Waals surface area contributed by atoms with Crippen LogP contribution in [0.5, 0.6) is 0 Å². The fourth-order valence-electron chi connectivity index (χ4n) is 1.60. The van der Waals surface area contributed by atoms with Crippen LogP contribution in [-0.2, 0) is 4.79 Å². The van der Waals surface area contributed by atoms with E-state index in [1.807, 2.05) is 0 Å². The Hall–Kier alpha value is -1.08. The maximum atomic E-state index is 11.0. The van der Waals surface area contributed by atoms with Gasteiger partial charge in [-0.3, -0.25) is 10.2 Å². The van der Waals surface area contributed by atoms with Crippen molar-refractivity contribution >= 4 is 5.91 Å². The summed E-state index contributed by atoms with van der Waals surface area (Å²) in [4.78, 5) is 11.0. The van der Waals surface area contributed by atoms with Crippen LogP contribution in [0.15, 0.2) is 0 Å². The summed E-state index contributed by atoms with van der Waals surface area (Å²) in [5.74, 6) is 5.09. The first kappa shape index (κ1) is 9.01. The summed E-state index contributed by atoms with van der Waals surface area (Å²) < 4.78 is 0. The molecule has 0 aliphatic heterocycles. The van der Waals surface area contributed by atoms with Crippen LogP contribution in [0.4, 0.5) is 0 Å². The number of nitrogens with one attached hydrogen (secondary N) is 1. The molecule has 4 nitrogen and oxygen atoms in total. The number of carbonyl (C=O) groups excluding carboxylic acids is 1. The smallest absolute Gasteiger partial charge is 0.236 e. The number of hydrazine groups is 1. The molecule has 1 aliphatic rings. The molecule has 0 atom stereocenters. The van der Waals surface area contributed by atoms with E-state index in [9.17, 15) is 4.79 Å². The van der Waals surface area contributed by atoms with Gasteiger partial charge in [-0.15, -0.1) is 0 Å². The molecule has 3 N–H and O–H groups in total. The molecule has 0 unspecified atom stereocenters. The van der Waals surface area contributed by atoms with Gasteiger partial charge in [-0.05, 0) is 25.7 Å². The number of nitrogens with zero attached hydrogens (tertiary/aromatic N) is 1. The van der Waals surface area contributed by atoms with Gasteiger partial charge in [-0.2, -0.15) is 5.26 Å². The molecule has 1 amide bonds. The lowest BCUT2D eigenvalue weighted by molar-refractivity contribution is -0.126. The molecule has 1 aliphatic carbocycles. The van der Waals surface area contributed by atoms with Crippen LogP contribution in [0, 0.1) is 23.2 Å². The molecule has 0 bridgehead atoms. The molecule has 0 aromatic rings. The van der Waals surface area contributed by atoms with Crippen molar-refractivity contribution < 1.29 is 4.79 Å². The minimum absolute atomic E-state index is 0.0274. The highest BCUT2D eigenvalue weighted by Gasteiger charge is 2.25. The third-order valence-corrected chi connectivity index (χ3v) is 2.42. The van der Waals surface area contributed by atoms with Gasteiger partial charge in [-0.1, -0.05) is 0 Å². The quantitative estimate of drug-likeness (QED) is 0.335. The molecule has 0 saturated heterocycles. The average molecular weight is 167 g/mol. The first-order valence-corrected chi connectivity index (χ1v) is 4.18. The Morgan fingerprint density at radius 3 is 2.42 bits per heavy atom. The van der Waals surface area contributed by atoms with E-state index in [0.29, 0.717) is 0 Å². The van der Waals surface area contributed by atoms with Crippen molar-refractivity contribution in [2.24, 2.45) is 17.7 Å². The van der Waals surface area contributed by atoms with Crippen molar-refractivity contribution in [3.05, 3.63) is 0 Å². The summed E-state index contributed by atoms with van der Waals surface area (Å²) in [6.45, 7) is 0. The molecule has 0 aromatic carbocycles. The monoisotopic (exact) mass is 167 g/mol. The molecule has 0 spiro atoms. The topological polar surface area (TPSA) is 78.9 Å². The molecule has 1 rings (SSSR count). The van der Waals surface area contributed by atoms with E-state index in [1.165, 1.54) is 0 Å². The molecule has 12 heavy (non-hydrogen) atoms. The molecular formula is C8H13N3O. The van der Waals surface area contributed by atoms with E-state index in [-0.39, 0.29) is 17.7 Å². The Bertz CT molecular complexity index is 201. The van der Waals surface area contributed by atoms with Crippen LogP contribution in [-0.4, -0.2) is 5.91 Å². The van der Waals surface area contributed by atoms with E-state index in [1.54, 1.807) is 0 Å². The first-order chi connectivity index (χ1) is 5.77. The minimum atomic E-state index is -0.0913. The number of nitriles is 1. The largest absolute Gasteiger partial charge is 0.294 e. The van der Waals surface area contributed by atoms with Gasteiger partial charge in [0.25, 0.3) is 0 Å². The van der Waals surface area contributed by atoms with Crippen molar-refractivity contribution in [3.63, 3.8) is 0 Å². The second-order valence-electron chi connectivity index (χ2n) is 3.19. The number of amides is 1. The van der Waals surface area contributed by atoms with Crippen LogP contribution in [0.1, 0.15) is 25.7 Å². The van der Waals surface area contributed by atoms with Gasteiger partial charge in [0, 0.05) is 11.8 Å². The van der Waals surface area contributed by atoms with E-state index < -0.39 is 0 Å². The standard InChI is InChI=1S/C8H13N3O/c9-5-6-1-3-7(4-2-6)8(12)11-10/h6-7H,1-4,10H2,(H,11,12). The lowest BCUT2D eigenvalue weighted by Gasteiger charge is -2.22. The number of hydrogen-bond acceptors (Lipinski definition) is 3. The number of rotatable bonds is 1. The summed E-state index contributed by atoms with van der Waals surface area (Å²) in [5.41, 5.74) is 2.15. The molecule has 0 heterocycles. The van der Waals surface area contributed by atoms with Gasteiger partial charge in [0.15, 0.2) is 0 Å². The zero-order valence-corrected chi connectivity index (χ0v) is 6.92. The molecule has 0 aromatic heterocycles. The summed E-state index contributed by atoms with van der Waals surface area (Å²) in [6.07, 6.45) is 3.24. The highest BCUT2D eigenvalue weighted by molar-refractivity contribution is 5.77. The highest BCUT2D eigenvalue weighted by Crippen LogP contribution is 2.27. The fourth-order valence-corrected chi connectivity index (χ4v) is 1.60. The maximum Gasteiger partial charge on any atom is 0.236 e. The fraction of sp³-hybridized carbons (Fsp3) is 0.750. The van der Waals surface area contributed by atoms with Gasteiger partial charge in [0.05, 0.1) is 6.07 Å². The predicted octanol–water partition coefficient (Wildman–Crippen LogP) is 0.306. The second kappa shape index (κ2) is 4.07. The van der Waals surface area contributed by atoms with Gasteiger partial charge in [-0.25, -0.2) is 5.84 Å². The van der Waals surface area contributed by atoms with Gasteiger partial charge in [0.1, 0.15) is 0 Å². The number of carbonyl (C=O) groups is 1. The van der Waals surface area contributed by atoms with Crippen molar-refractivity contribution in [2.75, 3.05) is 0 Å². The van der Waals surface area contributed by atoms with Crippen LogP contribution >= 0.6 is 0 Å². The van der Waals surface area contributed by atoms with Gasteiger partial charge >= 0.3 is 0 Å². The van der Waals surface area contributed by atoms with Crippen molar-refractivity contribution in [1.29, 1.82) is 5.26 Å². The lowest BCUT2D eigenvalue weighted by atomic mass is 9.82. The van der Waals surface area contributed by atoms with Crippen LogP contribution in [0.3, 0.4) is 0 Å². The van der Waals surface area contributed by atoms with Gasteiger partial charge < -0.3 is 0 Å². The summed E-state index contributed by atoms with van der Waals surface area (Å²) >= 11 is 0. The third kappa shape index (κ3) is 1.95. The van der Waals surface area contributed by atoms with Crippen molar-refractivity contribution in [1.82, 2.24) is 5.43 Å². The summed E-state index contributed by atoms with van der Waals surface area (Å²) in [5, 5.41) is 8.60. The van der Waals surface area contributed by atoms with E-state index in [2.05, 4.69) is 11.5 Å². The molecule has 4 heteroatoms. The number of hydrogen-bond donors (Lipinski definition) is 2. The summed E-state index contributed by atoms with van der Waals surface area (Å²) in [7, 11) is 0. The Labute approximate surface area is 71.7 Å². The molecule has 66 valence electrons. The third-order valence-electron chi connectivity index (χ3n) is 2.42. The molecule has 0 radical (unpaired) electrons. The van der Waals surface area contributed by atoms with Crippen LogP contribution < -0.4 is 11.3 Å². The van der Waals surface area contributed by atoms with E-state index in [4.69, 9.17) is 11.1 Å². The van der Waals surface area contributed by atoms with E-state index >= 15 is 0 Å². The Morgan fingerprint density at radius 1 is 1.42 bits per heavy atom. The van der Waals surface area contributed by atoms with Crippen LogP contribution in [0.2, 0.25) is 0 Å². The normalized spacial score (nSPS) is 29.0. The highest BCUT2D eigenvalue weighted by atomic mass is 16.2. The van der Waals surface area contributed by atoms with Crippen molar-refractivity contribution in [2.45, 2.75) is 25.7 Å². The number of nitrogens with two attached hydrogens (primary N) is 1.